The Kier molecular flexibility index (Phi) is 5.08. The molecule has 1 N–H and O–H groups in total. The average molecular weight is 340 g/mol. The van der Waals surface area contributed by atoms with Crippen LogP contribution in [0.1, 0.15) is 27.2 Å². The van der Waals surface area contributed by atoms with Crippen LogP contribution in [-0.4, -0.2) is 39.4 Å². The first-order chi connectivity index (χ1) is 10.6. The molecule has 0 radical (unpaired) electrons. The molecular formula is C17H28O5Si. The summed E-state index contributed by atoms with van der Waals surface area (Å²) in [5, 5.41) is 9.50. The number of hydrogen-bond acceptors (Lipinski definition) is 4. The molecule has 0 amide bonds. The molecule has 0 saturated heterocycles. The summed E-state index contributed by atoms with van der Waals surface area (Å²) in [7, 11) is -0.264. The van der Waals surface area contributed by atoms with E-state index in [0.29, 0.717) is 18.6 Å². The van der Waals surface area contributed by atoms with Gasteiger partial charge in [-0.05, 0) is 30.1 Å². The summed E-state index contributed by atoms with van der Waals surface area (Å²) in [6.07, 6.45) is 3.69. The number of carboxylic acids is 1. The van der Waals surface area contributed by atoms with Gasteiger partial charge in [-0.2, -0.15) is 0 Å². The maximum Gasteiger partial charge on any atom is 0.335 e. The Hall–Kier alpha value is -1.11. The van der Waals surface area contributed by atoms with Crippen LogP contribution in [0.5, 0.6) is 0 Å². The van der Waals surface area contributed by atoms with E-state index in [-0.39, 0.29) is 16.9 Å². The number of allylic oxidation sites excluding steroid dienone is 1. The van der Waals surface area contributed by atoms with Crippen molar-refractivity contribution in [1.82, 2.24) is 0 Å². The summed E-state index contributed by atoms with van der Waals surface area (Å²) < 4.78 is 17.2. The highest BCUT2D eigenvalue weighted by Gasteiger charge is 2.45. The van der Waals surface area contributed by atoms with Crippen LogP contribution in [0, 0.1) is 11.8 Å². The summed E-state index contributed by atoms with van der Waals surface area (Å²) in [5.41, 5.74) is 1.42. The number of carbonyl (C=O) groups is 1. The molecule has 6 heteroatoms. The van der Waals surface area contributed by atoms with E-state index in [0.717, 1.165) is 5.57 Å². The van der Waals surface area contributed by atoms with Crippen molar-refractivity contribution in [3.05, 3.63) is 23.5 Å². The summed E-state index contributed by atoms with van der Waals surface area (Å²) >= 11 is 0. The molecule has 0 aromatic heterocycles. The normalized spacial score (nSPS) is 27.8. The predicted molar refractivity (Wildman–Crippen MR) is 90.4 cm³/mol. The Labute approximate surface area is 139 Å². The second-order valence-corrected chi connectivity index (χ2v) is 12.6. The molecule has 0 spiro atoms. The van der Waals surface area contributed by atoms with Crippen molar-refractivity contribution in [1.29, 1.82) is 0 Å². The Morgan fingerprint density at radius 1 is 1.43 bits per heavy atom. The smallest absolute Gasteiger partial charge is 0.335 e. The molecule has 2 aliphatic rings. The number of carboxylic acid groups (broad SMARTS) is 1. The Bertz CT molecular complexity index is 530. The molecule has 3 atom stereocenters. The van der Waals surface area contributed by atoms with Gasteiger partial charge >= 0.3 is 5.97 Å². The molecule has 0 saturated carbocycles. The molecule has 0 fully saturated rings. The fourth-order valence-corrected chi connectivity index (χ4v) is 3.82. The number of rotatable bonds is 5. The van der Waals surface area contributed by atoms with Crippen LogP contribution < -0.4 is 0 Å². The lowest BCUT2D eigenvalue weighted by atomic mass is 9.83. The van der Waals surface area contributed by atoms with Crippen molar-refractivity contribution in [2.24, 2.45) is 11.8 Å². The van der Waals surface area contributed by atoms with Crippen LogP contribution in [0.3, 0.4) is 0 Å². The number of fused-ring (bicyclic) bond motifs is 1. The zero-order chi connectivity index (χ0) is 17.4. The molecule has 2 rings (SSSR count). The Morgan fingerprint density at radius 2 is 2.09 bits per heavy atom. The number of ether oxygens (including phenoxy) is 2. The SMILES string of the molecule is CO[C@@H]1OC=C(C(=O)O)[C@H]2CC=C(CO[Si](C)(C)C(C)(C)C)[C@@H]12. The van der Waals surface area contributed by atoms with Crippen molar-refractivity contribution in [3.8, 4) is 0 Å². The molecule has 1 heterocycles. The van der Waals surface area contributed by atoms with Crippen LogP contribution in [-0.2, 0) is 18.7 Å². The lowest BCUT2D eigenvalue weighted by molar-refractivity contribution is -0.144. The van der Waals surface area contributed by atoms with Gasteiger partial charge in [-0.15, -0.1) is 0 Å². The third-order valence-corrected chi connectivity index (χ3v) is 9.88. The first-order valence-electron chi connectivity index (χ1n) is 8.03. The van der Waals surface area contributed by atoms with Gasteiger partial charge in [0.05, 0.1) is 24.4 Å². The Morgan fingerprint density at radius 3 is 2.61 bits per heavy atom. The van der Waals surface area contributed by atoms with Gasteiger partial charge in [0.1, 0.15) is 0 Å². The van der Waals surface area contributed by atoms with Gasteiger partial charge in [0.25, 0.3) is 0 Å². The molecule has 1 aliphatic carbocycles. The van der Waals surface area contributed by atoms with Gasteiger partial charge in [0.2, 0.25) is 6.29 Å². The Balaban J connectivity index is 2.14. The van der Waals surface area contributed by atoms with Gasteiger partial charge in [0, 0.05) is 13.0 Å². The minimum Gasteiger partial charge on any atom is -0.478 e. The predicted octanol–water partition coefficient (Wildman–Crippen LogP) is 3.54. The van der Waals surface area contributed by atoms with Gasteiger partial charge in [0.15, 0.2) is 8.32 Å². The molecule has 0 aromatic carbocycles. The van der Waals surface area contributed by atoms with E-state index in [2.05, 4.69) is 39.9 Å². The van der Waals surface area contributed by atoms with E-state index >= 15 is 0 Å². The first kappa shape index (κ1) is 18.2. The molecular weight excluding hydrogens is 312 g/mol. The van der Waals surface area contributed by atoms with Gasteiger partial charge in [-0.3, -0.25) is 0 Å². The summed E-state index contributed by atoms with van der Waals surface area (Å²) in [4.78, 5) is 11.4. The van der Waals surface area contributed by atoms with Crippen molar-refractivity contribution in [2.45, 2.75) is 51.6 Å². The van der Waals surface area contributed by atoms with E-state index in [1.54, 1.807) is 7.11 Å². The van der Waals surface area contributed by atoms with Crippen molar-refractivity contribution in [3.63, 3.8) is 0 Å². The quantitative estimate of drug-likeness (QED) is 0.612. The lowest BCUT2D eigenvalue weighted by Gasteiger charge is -2.38. The highest BCUT2D eigenvalue weighted by molar-refractivity contribution is 6.74. The zero-order valence-corrected chi connectivity index (χ0v) is 15.9. The molecule has 130 valence electrons. The average Bonchev–Trinajstić information content (AvgIpc) is 2.86. The second-order valence-electron chi connectivity index (χ2n) is 7.81. The van der Waals surface area contributed by atoms with E-state index in [9.17, 15) is 9.90 Å². The fourth-order valence-electron chi connectivity index (χ4n) is 2.86. The number of aliphatic carboxylic acids is 1. The van der Waals surface area contributed by atoms with E-state index < -0.39 is 20.6 Å². The summed E-state index contributed by atoms with van der Waals surface area (Å²) in [5.74, 6) is -1.10. The van der Waals surface area contributed by atoms with Crippen molar-refractivity contribution >= 4 is 14.3 Å². The van der Waals surface area contributed by atoms with Gasteiger partial charge in [-0.1, -0.05) is 26.8 Å². The first-order valence-corrected chi connectivity index (χ1v) is 10.9. The van der Waals surface area contributed by atoms with E-state index in [1.807, 2.05) is 0 Å². The highest BCUT2D eigenvalue weighted by atomic mass is 28.4. The van der Waals surface area contributed by atoms with Crippen molar-refractivity contribution in [2.75, 3.05) is 13.7 Å². The summed E-state index contributed by atoms with van der Waals surface area (Å²) in [6, 6.07) is 0. The van der Waals surface area contributed by atoms with Crippen LogP contribution in [0.4, 0.5) is 0 Å². The largest absolute Gasteiger partial charge is 0.478 e. The van der Waals surface area contributed by atoms with Gasteiger partial charge in [-0.25, -0.2) is 4.79 Å². The highest BCUT2D eigenvalue weighted by Crippen LogP contribution is 2.44. The maximum absolute atomic E-state index is 11.4. The molecule has 0 aromatic rings. The minimum absolute atomic E-state index is 0.0825. The van der Waals surface area contributed by atoms with Crippen LogP contribution in [0.25, 0.3) is 0 Å². The van der Waals surface area contributed by atoms with Gasteiger partial charge < -0.3 is 19.0 Å². The topological polar surface area (TPSA) is 65.0 Å². The third-order valence-electron chi connectivity index (χ3n) is 5.40. The van der Waals surface area contributed by atoms with Crippen molar-refractivity contribution < 1.29 is 23.8 Å². The molecule has 5 nitrogen and oxygen atoms in total. The van der Waals surface area contributed by atoms with E-state index in [1.165, 1.54) is 6.26 Å². The lowest BCUT2D eigenvalue weighted by Crippen LogP contribution is -2.42. The fraction of sp³-hybridized carbons (Fsp3) is 0.706. The zero-order valence-electron chi connectivity index (χ0n) is 14.9. The molecule has 0 bridgehead atoms. The van der Waals surface area contributed by atoms with Crippen LogP contribution >= 0.6 is 0 Å². The minimum atomic E-state index is -1.85. The molecule has 1 aliphatic heterocycles. The molecule has 0 unspecified atom stereocenters. The monoisotopic (exact) mass is 340 g/mol. The number of methoxy groups -OCH3 is 1. The van der Waals surface area contributed by atoms with Crippen LogP contribution in [0.2, 0.25) is 18.1 Å². The summed E-state index contributed by atoms with van der Waals surface area (Å²) in [6.45, 7) is 11.6. The molecule has 23 heavy (non-hydrogen) atoms. The third kappa shape index (κ3) is 3.54. The number of hydrogen-bond donors (Lipinski definition) is 1. The second kappa shape index (κ2) is 6.41. The maximum atomic E-state index is 11.4. The van der Waals surface area contributed by atoms with Crippen LogP contribution in [0.15, 0.2) is 23.5 Å². The standard InChI is InChI=1S/C17H28O5Si/c1-17(2,3)23(5,6)22-9-11-7-8-12-13(15(18)19)10-21-16(20-4)14(11)12/h7,10,12,14,16H,8-9H2,1-6H3,(H,18,19)/t12-,14-,16-/m1/s1. The van der Waals surface area contributed by atoms with E-state index in [4.69, 9.17) is 13.9 Å².